The largest absolute Gasteiger partial charge is 0.467 e. The lowest BCUT2D eigenvalue weighted by Crippen LogP contribution is -2.50. The number of morpholine rings is 1. The van der Waals surface area contributed by atoms with E-state index in [9.17, 15) is 13.2 Å². The Labute approximate surface area is 136 Å². The van der Waals surface area contributed by atoms with Gasteiger partial charge in [0.25, 0.3) is 0 Å². The van der Waals surface area contributed by atoms with Gasteiger partial charge in [-0.3, -0.25) is 0 Å². The number of nitrogens with one attached hydrogen (secondary N) is 2. The fourth-order valence-electron chi connectivity index (χ4n) is 2.42. The van der Waals surface area contributed by atoms with E-state index in [1.807, 2.05) is 13.8 Å². The summed E-state index contributed by atoms with van der Waals surface area (Å²) < 4.78 is 36.6. The van der Waals surface area contributed by atoms with Crippen LogP contribution in [0.3, 0.4) is 0 Å². The maximum Gasteiger partial charge on any atom is 0.315 e. The molecule has 0 aromatic carbocycles. The molecular formula is C14H23N3O5S. The predicted octanol–water partition coefficient (Wildman–Crippen LogP) is 0.518. The van der Waals surface area contributed by atoms with Crippen molar-refractivity contribution in [1.82, 2.24) is 14.9 Å². The zero-order chi connectivity index (χ0) is 16.9. The van der Waals surface area contributed by atoms with Gasteiger partial charge in [-0.05, 0) is 26.0 Å². The molecule has 1 aromatic heterocycles. The van der Waals surface area contributed by atoms with Gasteiger partial charge in [0.1, 0.15) is 5.76 Å². The molecule has 2 N–H and O–H groups in total. The van der Waals surface area contributed by atoms with Gasteiger partial charge in [0.05, 0.1) is 30.8 Å². The van der Waals surface area contributed by atoms with E-state index >= 15 is 0 Å². The van der Waals surface area contributed by atoms with Crippen molar-refractivity contribution < 1.29 is 22.4 Å². The third kappa shape index (κ3) is 5.52. The Morgan fingerprint density at radius 3 is 2.61 bits per heavy atom. The molecule has 9 heteroatoms. The van der Waals surface area contributed by atoms with Gasteiger partial charge in [-0.15, -0.1) is 0 Å². The van der Waals surface area contributed by atoms with Crippen molar-refractivity contribution in [2.75, 3.05) is 25.4 Å². The van der Waals surface area contributed by atoms with Gasteiger partial charge in [0.2, 0.25) is 10.0 Å². The molecule has 0 saturated carbocycles. The lowest BCUT2D eigenvalue weighted by molar-refractivity contribution is -0.0440. The first-order valence-electron chi connectivity index (χ1n) is 7.54. The number of sulfonamides is 1. The first kappa shape index (κ1) is 17.8. The minimum Gasteiger partial charge on any atom is -0.467 e. The molecule has 1 aliphatic heterocycles. The van der Waals surface area contributed by atoms with Crippen molar-refractivity contribution >= 4 is 16.1 Å². The lowest BCUT2D eigenvalue weighted by atomic mass is 10.3. The highest BCUT2D eigenvalue weighted by Gasteiger charge is 2.30. The molecule has 2 atom stereocenters. The third-order valence-electron chi connectivity index (χ3n) is 3.43. The quantitative estimate of drug-likeness (QED) is 0.783. The molecule has 2 unspecified atom stereocenters. The molecule has 2 rings (SSSR count). The number of hydrogen-bond acceptors (Lipinski definition) is 5. The van der Waals surface area contributed by atoms with E-state index in [1.54, 1.807) is 12.1 Å². The second-order valence-electron chi connectivity index (χ2n) is 5.58. The van der Waals surface area contributed by atoms with E-state index in [1.165, 1.54) is 10.6 Å². The summed E-state index contributed by atoms with van der Waals surface area (Å²) in [5.74, 6) is 0.490. The molecule has 8 nitrogen and oxygen atoms in total. The van der Waals surface area contributed by atoms with Crippen LogP contribution < -0.4 is 10.6 Å². The minimum absolute atomic E-state index is 0.0481. The topological polar surface area (TPSA) is 101 Å². The number of nitrogens with zero attached hydrogens (tertiary/aromatic N) is 1. The minimum atomic E-state index is -3.41. The van der Waals surface area contributed by atoms with Crippen LogP contribution in [-0.2, 0) is 21.3 Å². The Morgan fingerprint density at radius 2 is 2.00 bits per heavy atom. The molecule has 23 heavy (non-hydrogen) atoms. The van der Waals surface area contributed by atoms with Crippen molar-refractivity contribution in [3.8, 4) is 0 Å². The van der Waals surface area contributed by atoms with E-state index in [4.69, 9.17) is 9.15 Å². The first-order valence-corrected chi connectivity index (χ1v) is 9.15. The van der Waals surface area contributed by atoms with Gasteiger partial charge >= 0.3 is 6.03 Å². The highest BCUT2D eigenvalue weighted by molar-refractivity contribution is 7.89. The molecule has 2 amide bonds. The van der Waals surface area contributed by atoms with Crippen LogP contribution in [0.4, 0.5) is 4.79 Å². The zero-order valence-corrected chi connectivity index (χ0v) is 14.1. The summed E-state index contributed by atoms with van der Waals surface area (Å²) in [4.78, 5) is 11.6. The highest BCUT2D eigenvalue weighted by Crippen LogP contribution is 2.14. The molecule has 130 valence electrons. The Bertz CT molecular complexity index is 592. The van der Waals surface area contributed by atoms with E-state index in [-0.39, 0.29) is 31.1 Å². The van der Waals surface area contributed by atoms with Gasteiger partial charge in [-0.1, -0.05) is 0 Å². The van der Waals surface area contributed by atoms with Crippen LogP contribution in [0.1, 0.15) is 19.6 Å². The molecule has 0 bridgehead atoms. The van der Waals surface area contributed by atoms with Crippen molar-refractivity contribution in [1.29, 1.82) is 0 Å². The number of furan rings is 1. The van der Waals surface area contributed by atoms with Crippen molar-refractivity contribution in [2.45, 2.75) is 32.6 Å². The smallest absolute Gasteiger partial charge is 0.315 e. The summed E-state index contributed by atoms with van der Waals surface area (Å²) in [6.45, 7) is 4.68. The van der Waals surface area contributed by atoms with E-state index < -0.39 is 16.1 Å². The normalized spacial score (nSPS) is 22.7. The van der Waals surface area contributed by atoms with E-state index in [0.29, 0.717) is 18.8 Å². The van der Waals surface area contributed by atoms with Crippen LogP contribution >= 0.6 is 0 Å². The average Bonchev–Trinajstić information content (AvgIpc) is 2.97. The molecule has 1 fully saturated rings. The van der Waals surface area contributed by atoms with Crippen LogP contribution in [0.15, 0.2) is 22.8 Å². The Morgan fingerprint density at radius 1 is 1.30 bits per heavy atom. The maximum absolute atomic E-state index is 12.3. The fourth-order valence-corrected chi connectivity index (χ4v) is 3.92. The monoisotopic (exact) mass is 345 g/mol. The summed E-state index contributed by atoms with van der Waals surface area (Å²) in [6, 6.07) is 3.04. The molecule has 2 heterocycles. The standard InChI is InChI=1S/C14H23N3O5S/c1-11-9-17(10-12(2)22-11)23(19,20)7-5-15-14(18)16-8-13-4-3-6-21-13/h3-4,6,11-12H,5,7-10H2,1-2H3,(H2,15,16,18). The Balaban J connectivity index is 1.72. The summed E-state index contributed by atoms with van der Waals surface area (Å²) in [6.07, 6.45) is 1.27. The van der Waals surface area contributed by atoms with E-state index in [0.717, 1.165) is 0 Å². The van der Waals surface area contributed by atoms with Crippen molar-refractivity contribution in [2.24, 2.45) is 0 Å². The fraction of sp³-hybridized carbons (Fsp3) is 0.643. The number of rotatable bonds is 6. The number of amides is 2. The number of urea groups is 1. The van der Waals surface area contributed by atoms with Gasteiger partial charge in [0, 0.05) is 19.6 Å². The van der Waals surface area contributed by atoms with Gasteiger partial charge < -0.3 is 19.8 Å². The molecule has 1 aromatic rings. The lowest BCUT2D eigenvalue weighted by Gasteiger charge is -2.34. The number of carbonyl (C=O) groups is 1. The summed E-state index contributed by atoms with van der Waals surface area (Å²) in [7, 11) is -3.41. The third-order valence-corrected chi connectivity index (χ3v) is 5.23. The molecule has 1 aliphatic rings. The second-order valence-corrected chi connectivity index (χ2v) is 7.67. The van der Waals surface area contributed by atoms with Crippen LogP contribution in [0.5, 0.6) is 0 Å². The van der Waals surface area contributed by atoms with E-state index in [2.05, 4.69) is 10.6 Å². The van der Waals surface area contributed by atoms with Gasteiger partial charge in [-0.2, -0.15) is 4.31 Å². The number of ether oxygens (including phenoxy) is 1. The van der Waals surface area contributed by atoms with Crippen molar-refractivity contribution in [3.05, 3.63) is 24.2 Å². The zero-order valence-electron chi connectivity index (χ0n) is 13.3. The van der Waals surface area contributed by atoms with Crippen LogP contribution in [0.2, 0.25) is 0 Å². The van der Waals surface area contributed by atoms with Gasteiger partial charge in [0.15, 0.2) is 0 Å². The molecular weight excluding hydrogens is 322 g/mol. The SMILES string of the molecule is CC1CN(S(=O)(=O)CCNC(=O)NCc2ccco2)CC(C)O1. The van der Waals surface area contributed by atoms with Gasteiger partial charge in [-0.25, -0.2) is 13.2 Å². The summed E-state index contributed by atoms with van der Waals surface area (Å²) in [5, 5.41) is 5.13. The van der Waals surface area contributed by atoms with Crippen LogP contribution in [0, 0.1) is 0 Å². The summed E-state index contributed by atoms with van der Waals surface area (Å²) >= 11 is 0. The Hall–Kier alpha value is -1.58. The Kier molecular flexibility index (Phi) is 6.03. The van der Waals surface area contributed by atoms with Crippen molar-refractivity contribution in [3.63, 3.8) is 0 Å². The number of carbonyl (C=O) groups excluding carboxylic acids is 1. The van der Waals surface area contributed by atoms with Crippen LogP contribution in [0.25, 0.3) is 0 Å². The molecule has 0 aliphatic carbocycles. The molecule has 0 spiro atoms. The highest BCUT2D eigenvalue weighted by atomic mass is 32.2. The molecule has 1 saturated heterocycles. The molecule has 0 radical (unpaired) electrons. The average molecular weight is 345 g/mol. The number of hydrogen-bond donors (Lipinski definition) is 2. The van der Waals surface area contributed by atoms with Crippen LogP contribution in [-0.4, -0.2) is 56.3 Å². The first-order chi connectivity index (χ1) is 10.9. The summed E-state index contributed by atoms with van der Waals surface area (Å²) in [5.41, 5.74) is 0. The predicted molar refractivity (Wildman–Crippen MR) is 84.3 cm³/mol. The maximum atomic E-state index is 12.3. The second kappa shape index (κ2) is 7.80.